The lowest BCUT2D eigenvalue weighted by atomic mass is 10.1. The van der Waals surface area contributed by atoms with E-state index in [0.29, 0.717) is 26.4 Å². The Morgan fingerprint density at radius 1 is 0.857 bits per heavy atom. The van der Waals surface area contributed by atoms with Crippen molar-refractivity contribution in [3.63, 3.8) is 0 Å². The Morgan fingerprint density at radius 3 is 2.04 bits per heavy atom. The highest BCUT2D eigenvalue weighted by Crippen LogP contribution is 2.32. The molecule has 5 nitrogen and oxygen atoms in total. The minimum absolute atomic E-state index is 0.152. The first-order valence-electron chi connectivity index (χ1n) is 9.85. The van der Waals surface area contributed by atoms with Gasteiger partial charge in [0.2, 0.25) is 0 Å². The maximum atomic E-state index is 6.30. The van der Waals surface area contributed by atoms with Crippen LogP contribution in [-0.2, 0) is 36.9 Å². The van der Waals surface area contributed by atoms with Gasteiger partial charge in [0.25, 0.3) is 0 Å². The normalized spacial score (nSPS) is 29.2. The van der Waals surface area contributed by atoms with Crippen LogP contribution in [0.3, 0.4) is 0 Å². The van der Waals surface area contributed by atoms with E-state index in [0.717, 1.165) is 11.1 Å². The van der Waals surface area contributed by atoms with E-state index in [1.807, 2.05) is 50.2 Å². The predicted molar refractivity (Wildman–Crippen MR) is 105 cm³/mol. The van der Waals surface area contributed by atoms with Crippen LogP contribution in [0.15, 0.2) is 60.7 Å². The Labute approximate surface area is 166 Å². The third-order valence-corrected chi connectivity index (χ3v) is 5.13. The van der Waals surface area contributed by atoms with E-state index in [4.69, 9.17) is 23.7 Å². The highest BCUT2D eigenvalue weighted by atomic mass is 16.8. The molecule has 0 aliphatic carbocycles. The van der Waals surface area contributed by atoms with Crippen LogP contribution in [0.1, 0.15) is 25.0 Å². The maximum Gasteiger partial charge on any atom is 0.163 e. The van der Waals surface area contributed by atoms with Gasteiger partial charge < -0.3 is 23.7 Å². The van der Waals surface area contributed by atoms with E-state index in [9.17, 15) is 0 Å². The third-order valence-electron chi connectivity index (χ3n) is 5.13. The molecule has 2 aromatic carbocycles. The van der Waals surface area contributed by atoms with Gasteiger partial charge in [-0.05, 0) is 25.0 Å². The lowest BCUT2D eigenvalue weighted by Gasteiger charge is -2.27. The summed E-state index contributed by atoms with van der Waals surface area (Å²) in [7, 11) is 0. The summed E-state index contributed by atoms with van der Waals surface area (Å²) in [5.74, 6) is -0.596. The van der Waals surface area contributed by atoms with Crippen LogP contribution < -0.4 is 0 Å². The van der Waals surface area contributed by atoms with E-state index in [2.05, 4.69) is 24.3 Å². The summed E-state index contributed by atoms with van der Waals surface area (Å²) in [4.78, 5) is 0. The number of rotatable bonds is 7. The van der Waals surface area contributed by atoms with Crippen molar-refractivity contribution >= 4 is 0 Å². The Kier molecular flexibility index (Phi) is 6.09. The van der Waals surface area contributed by atoms with Crippen molar-refractivity contribution in [3.05, 3.63) is 71.8 Å². The van der Waals surface area contributed by atoms with Crippen LogP contribution in [0.4, 0.5) is 0 Å². The zero-order chi connectivity index (χ0) is 19.4. The van der Waals surface area contributed by atoms with Crippen molar-refractivity contribution in [2.24, 2.45) is 0 Å². The van der Waals surface area contributed by atoms with Gasteiger partial charge in [0.15, 0.2) is 5.79 Å². The first kappa shape index (κ1) is 19.6. The quantitative estimate of drug-likeness (QED) is 0.728. The van der Waals surface area contributed by atoms with Crippen molar-refractivity contribution in [3.8, 4) is 0 Å². The van der Waals surface area contributed by atoms with Crippen LogP contribution >= 0.6 is 0 Å². The molecule has 0 spiro atoms. The topological polar surface area (TPSA) is 46.2 Å². The molecule has 5 heteroatoms. The van der Waals surface area contributed by atoms with Crippen LogP contribution in [0.25, 0.3) is 0 Å². The van der Waals surface area contributed by atoms with Crippen LogP contribution in [0, 0.1) is 0 Å². The molecule has 4 rings (SSSR count). The smallest absolute Gasteiger partial charge is 0.163 e. The Bertz CT molecular complexity index is 733. The summed E-state index contributed by atoms with van der Waals surface area (Å²) in [5, 5.41) is 0. The van der Waals surface area contributed by atoms with Crippen LogP contribution in [0.2, 0.25) is 0 Å². The highest BCUT2D eigenvalue weighted by molar-refractivity contribution is 5.14. The molecular formula is C23H28O5. The largest absolute Gasteiger partial charge is 0.370 e. The molecule has 4 atom stereocenters. The monoisotopic (exact) mass is 384 g/mol. The molecule has 28 heavy (non-hydrogen) atoms. The first-order chi connectivity index (χ1) is 13.6. The molecule has 0 amide bonds. The summed E-state index contributed by atoms with van der Waals surface area (Å²) in [5.41, 5.74) is 2.26. The average Bonchev–Trinajstić information content (AvgIpc) is 3.28. The molecule has 2 heterocycles. The summed E-state index contributed by atoms with van der Waals surface area (Å²) < 4.78 is 30.3. The van der Waals surface area contributed by atoms with E-state index < -0.39 is 5.79 Å². The predicted octanol–water partition coefficient (Wildman–Crippen LogP) is 3.71. The van der Waals surface area contributed by atoms with Crippen LogP contribution in [0.5, 0.6) is 0 Å². The van der Waals surface area contributed by atoms with Gasteiger partial charge in [0.1, 0.15) is 24.4 Å². The molecule has 2 aromatic rings. The fraction of sp³-hybridized carbons (Fsp3) is 0.478. The van der Waals surface area contributed by atoms with Crippen molar-refractivity contribution in [2.75, 3.05) is 13.2 Å². The minimum Gasteiger partial charge on any atom is -0.370 e. The van der Waals surface area contributed by atoms with Crippen molar-refractivity contribution in [2.45, 2.75) is 57.3 Å². The zero-order valence-electron chi connectivity index (χ0n) is 16.5. The number of hydrogen-bond donors (Lipinski definition) is 0. The first-order valence-corrected chi connectivity index (χ1v) is 9.85. The lowest BCUT2D eigenvalue weighted by Crippen LogP contribution is -2.43. The Balaban J connectivity index is 1.43. The molecule has 2 aliphatic rings. The fourth-order valence-corrected chi connectivity index (χ4v) is 3.69. The summed E-state index contributed by atoms with van der Waals surface area (Å²) in [6.45, 7) is 5.86. The Hall–Kier alpha value is -1.76. The van der Waals surface area contributed by atoms with E-state index in [1.165, 1.54) is 0 Å². The fourth-order valence-electron chi connectivity index (χ4n) is 3.69. The summed E-state index contributed by atoms with van der Waals surface area (Å²) in [6, 6.07) is 20.3. The van der Waals surface area contributed by atoms with Crippen LogP contribution in [-0.4, -0.2) is 43.4 Å². The van der Waals surface area contributed by atoms with E-state index in [1.54, 1.807) is 0 Å². The van der Waals surface area contributed by atoms with Crippen molar-refractivity contribution in [1.29, 1.82) is 0 Å². The van der Waals surface area contributed by atoms with Gasteiger partial charge in [0.05, 0.1) is 26.4 Å². The van der Waals surface area contributed by atoms with Gasteiger partial charge in [-0.2, -0.15) is 0 Å². The molecule has 0 unspecified atom stereocenters. The molecule has 2 fully saturated rings. The number of benzene rings is 2. The van der Waals surface area contributed by atoms with Crippen molar-refractivity contribution < 1.29 is 23.7 Å². The van der Waals surface area contributed by atoms with E-state index in [-0.39, 0.29) is 24.4 Å². The third kappa shape index (κ3) is 4.80. The van der Waals surface area contributed by atoms with E-state index >= 15 is 0 Å². The van der Waals surface area contributed by atoms with Gasteiger partial charge in [0, 0.05) is 0 Å². The average molecular weight is 384 g/mol. The second-order valence-corrected chi connectivity index (χ2v) is 7.76. The highest BCUT2D eigenvalue weighted by Gasteiger charge is 2.48. The van der Waals surface area contributed by atoms with Gasteiger partial charge >= 0.3 is 0 Å². The van der Waals surface area contributed by atoms with Gasteiger partial charge in [-0.1, -0.05) is 60.7 Å². The number of ether oxygens (including phenoxy) is 5. The molecular weight excluding hydrogens is 356 g/mol. The molecule has 0 aromatic heterocycles. The lowest BCUT2D eigenvalue weighted by molar-refractivity contribution is -0.164. The minimum atomic E-state index is -0.596. The Morgan fingerprint density at radius 2 is 1.46 bits per heavy atom. The molecule has 0 bridgehead atoms. The number of hydrogen-bond acceptors (Lipinski definition) is 5. The second-order valence-electron chi connectivity index (χ2n) is 7.76. The SMILES string of the molecule is CC1(C)OC[C@@H]([C@@H]2OC[C@@H](OCc3ccccc3)[C@@H]2OCc2ccccc2)O1. The maximum absolute atomic E-state index is 6.30. The van der Waals surface area contributed by atoms with Gasteiger partial charge in [-0.25, -0.2) is 0 Å². The summed E-state index contributed by atoms with van der Waals surface area (Å²) in [6.07, 6.45) is -0.750. The van der Waals surface area contributed by atoms with Crippen molar-refractivity contribution in [1.82, 2.24) is 0 Å². The molecule has 2 aliphatic heterocycles. The molecule has 0 saturated carbocycles. The molecule has 2 saturated heterocycles. The molecule has 0 N–H and O–H groups in total. The van der Waals surface area contributed by atoms with Gasteiger partial charge in [-0.3, -0.25) is 0 Å². The van der Waals surface area contributed by atoms with Gasteiger partial charge in [-0.15, -0.1) is 0 Å². The molecule has 150 valence electrons. The standard InChI is InChI=1S/C23H28O5/c1-23(2)27-16-20(28-23)22-21(25-14-18-11-7-4-8-12-18)19(15-26-22)24-13-17-9-5-3-6-10-17/h3-12,19-22H,13-16H2,1-2H3/t19-,20+,21+,22+/m1/s1. The molecule has 0 radical (unpaired) electrons. The second kappa shape index (κ2) is 8.72. The zero-order valence-corrected chi connectivity index (χ0v) is 16.5. The summed E-state index contributed by atoms with van der Waals surface area (Å²) >= 11 is 0.